The standard InChI is InChI=1S/C22H28F2N2O4S/c1-14(2)12-21(16-6-9-18(30-4)10-7-16)25-22(27)15(3)26(31(5,28)29)17-8-11-19(23)20(24)13-17/h6-11,13-15,21H,12H2,1-5H3,(H,25,27)/t15-,21+/m1/s1. The molecule has 1 amide bonds. The number of hydrogen-bond donors (Lipinski definition) is 1. The van der Waals surface area contributed by atoms with Gasteiger partial charge in [0.05, 0.1) is 25.1 Å². The van der Waals surface area contributed by atoms with Gasteiger partial charge in [0.15, 0.2) is 11.6 Å². The average molecular weight is 455 g/mol. The van der Waals surface area contributed by atoms with Gasteiger partial charge < -0.3 is 10.1 Å². The maximum atomic E-state index is 13.7. The molecule has 0 aliphatic rings. The molecule has 1 N–H and O–H groups in total. The Kier molecular flexibility index (Phi) is 8.00. The number of carbonyl (C=O) groups excluding carboxylic acids is 1. The number of nitrogens with zero attached hydrogens (tertiary/aromatic N) is 1. The number of anilines is 1. The van der Waals surface area contributed by atoms with Crippen LogP contribution in [0, 0.1) is 17.6 Å². The summed E-state index contributed by atoms with van der Waals surface area (Å²) in [5.74, 6) is -1.94. The van der Waals surface area contributed by atoms with Crippen LogP contribution in [-0.4, -0.2) is 33.7 Å². The maximum Gasteiger partial charge on any atom is 0.244 e. The smallest absolute Gasteiger partial charge is 0.244 e. The maximum absolute atomic E-state index is 13.7. The minimum Gasteiger partial charge on any atom is -0.497 e. The molecule has 0 heterocycles. The minimum absolute atomic E-state index is 0.131. The Morgan fingerprint density at radius 3 is 2.16 bits per heavy atom. The monoisotopic (exact) mass is 454 g/mol. The van der Waals surface area contributed by atoms with Gasteiger partial charge in [-0.15, -0.1) is 0 Å². The predicted octanol–water partition coefficient (Wildman–Crippen LogP) is 4.03. The van der Waals surface area contributed by atoms with Crippen molar-refractivity contribution in [3.63, 3.8) is 0 Å². The highest BCUT2D eigenvalue weighted by Crippen LogP contribution is 2.26. The molecule has 0 fully saturated rings. The second-order valence-corrected chi connectivity index (χ2v) is 9.66. The summed E-state index contributed by atoms with van der Waals surface area (Å²) in [6, 6.07) is 8.38. The number of hydrogen-bond acceptors (Lipinski definition) is 4. The predicted molar refractivity (Wildman–Crippen MR) is 116 cm³/mol. The normalized spacial score (nSPS) is 13.5. The van der Waals surface area contributed by atoms with Gasteiger partial charge in [0.2, 0.25) is 15.9 Å². The lowest BCUT2D eigenvalue weighted by atomic mass is 9.96. The molecule has 0 spiro atoms. The van der Waals surface area contributed by atoms with E-state index in [9.17, 15) is 22.0 Å². The lowest BCUT2D eigenvalue weighted by molar-refractivity contribution is -0.122. The summed E-state index contributed by atoms with van der Waals surface area (Å²) >= 11 is 0. The minimum atomic E-state index is -3.96. The van der Waals surface area contributed by atoms with Gasteiger partial charge in [0, 0.05) is 6.07 Å². The van der Waals surface area contributed by atoms with Crippen LogP contribution in [0.5, 0.6) is 5.75 Å². The lowest BCUT2D eigenvalue weighted by Gasteiger charge is -2.30. The van der Waals surface area contributed by atoms with Crippen LogP contribution in [0.4, 0.5) is 14.5 Å². The molecule has 2 rings (SSSR count). The summed E-state index contributed by atoms with van der Waals surface area (Å²) in [6.45, 7) is 5.42. The van der Waals surface area contributed by atoms with Gasteiger partial charge in [0.25, 0.3) is 0 Å². The molecule has 2 aromatic rings. The van der Waals surface area contributed by atoms with Crippen molar-refractivity contribution in [2.24, 2.45) is 5.92 Å². The Morgan fingerprint density at radius 2 is 1.68 bits per heavy atom. The van der Waals surface area contributed by atoms with Crippen LogP contribution in [0.15, 0.2) is 42.5 Å². The number of benzene rings is 2. The topological polar surface area (TPSA) is 75.7 Å². The van der Waals surface area contributed by atoms with Crippen molar-refractivity contribution in [2.45, 2.75) is 39.3 Å². The number of rotatable bonds is 9. The molecule has 0 bridgehead atoms. The Labute approximate surface area is 182 Å². The number of ether oxygens (including phenoxy) is 1. The fourth-order valence-corrected chi connectivity index (χ4v) is 4.48. The molecule has 2 atom stereocenters. The summed E-state index contributed by atoms with van der Waals surface area (Å²) in [6.07, 6.45) is 1.53. The molecule has 6 nitrogen and oxygen atoms in total. The van der Waals surface area contributed by atoms with E-state index in [2.05, 4.69) is 5.32 Å². The van der Waals surface area contributed by atoms with Crippen molar-refractivity contribution < 1.29 is 26.7 Å². The molecule has 0 aliphatic heterocycles. The van der Waals surface area contributed by atoms with Gasteiger partial charge in [-0.3, -0.25) is 9.10 Å². The van der Waals surface area contributed by atoms with Gasteiger partial charge in [-0.2, -0.15) is 0 Å². The van der Waals surface area contributed by atoms with Crippen LogP contribution in [0.1, 0.15) is 38.8 Å². The number of sulfonamides is 1. The van der Waals surface area contributed by atoms with E-state index in [1.165, 1.54) is 6.92 Å². The third-order valence-corrected chi connectivity index (χ3v) is 6.03. The van der Waals surface area contributed by atoms with E-state index in [1.54, 1.807) is 19.2 Å². The van der Waals surface area contributed by atoms with Gasteiger partial charge in [0.1, 0.15) is 11.8 Å². The van der Waals surface area contributed by atoms with Gasteiger partial charge in [-0.05, 0) is 49.1 Å². The van der Waals surface area contributed by atoms with Crippen LogP contribution < -0.4 is 14.4 Å². The molecular weight excluding hydrogens is 426 g/mol. The highest BCUT2D eigenvalue weighted by Gasteiger charge is 2.31. The first-order valence-electron chi connectivity index (χ1n) is 9.82. The molecule has 31 heavy (non-hydrogen) atoms. The highest BCUT2D eigenvalue weighted by atomic mass is 32.2. The van der Waals surface area contributed by atoms with Crippen molar-refractivity contribution >= 4 is 21.6 Å². The molecule has 0 aromatic heterocycles. The summed E-state index contributed by atoms with van der Waals surface area (Å²) in [7, 11) is -2.40. The van der Waals surface area contributed by atoms with Crippen molar-refractivity contribution in [1.29, 1.82) is 0 Å². The summed E-state index contributed by atoms with van der Waals surface area (Å²) in [5.41, 5.74) is 0.711. The highest BCUT2D eigenvalue weighted by molar-refractivity contribution is 7.92. The van der Waals surface area contributed by atoms with Crippen LogP contribution in [0.25, 0.3) is 0 Å². The third kappa shape index (κ3) is 6.40. The first kappa shape index (κ1) is 24.6. The number of carbonyl (C=O) groups is 1. The zero-order valence-electron chi connectivity index (χ0n) is 18.2. The summed E-state index contributed by atoms with van der Waals surface area (Å²) in [4.78, 5) is 13.0. The molecule has 0 unspecified atom stereocenters. The summed E-state index contributed by atoms with van der Waals surface area (Å²) in [5, 5.41) is 2.90. The van der Waals surface area contributed by atoms with E-state index in [1.807, 2.05) is 26.0 Å². The fraction of sp³-hybridized carbons (Fsp3) is 0.409. The van der Waals surface area contributed by atoms with Gasteiger partial charge in [-0.25, -0.2) is 17.2 Å². The number of halogens is 2. The van der Waals surface area contributed by atoms with Crippen LogP contribution in [0.3, 0.4) is 0 Å². The Hall–Kier alpha value is -2.68. The Bertz CT molecular complexity index is 1010. The quantitative estimate of drug-likeness (QED) is 0.621. The second kappa shape index (κ2) is 10.1. The Morgan fingerprint density at radius 1 is 1.06 bits per heavy atom. The van der Waals surface area contributed by atoms with E-state index in [4.69, 9.17) is 4.74 Å². The van der Waals surface area contributed by atoms with E-state index < -0.39 is 33.6 Å². The molecule has 0 aliphatic carbocycles. The van der Waals surface area contributed by atoms with Gasteiger partial charge in [-0.1, -0.05) is 26.0 Å². The zero-order chi connectivity index (χ0) is 23.3. The van der Waals surface area contributed by atoms with E-state index in [0.717, 1.165) is 34.3 Å². The largest absolute Gasteiger partial charge is 0.497 e. The molecular formula is C22H28F2N2O4S. The van der Waals surface area contributed by atoms with Crippen molar-refractivity contribution in [3.8, 4) is 5.75 Å². The van der Waals surface area contributed by atoms with E-state index in [-0.39, 0.29) is 17.6 Å². The van der Waals surface area contributed by atoms with Crippen molar-refractivity contribution in [3.05, 3.63) is 59.7 Å². The number of nitrogens with one attached hydrogen (secondary N) is 1. The molecule has 0 saturated carbocycles. The average Bonchev–Trinajstić information content (AvgIpc) is 2.69. The molecule has 170 valence electrons. The fourth-order valence-electron chi connectivity index (χ4n) is 3.31. The second-order valence-electron chi connectivity index (χ2n) is 7.80. The first-order chi connectivity index (χ1) is 14.4. The van der Waals surface area contributed by atoms with E-state index >= 15 is 0 Å². The molecule has 0 saturated heterocycles. The molecule has 0 radical (unpaired) electrons. The van der Waals surface area contributed by atoms with Crippen molar-refractivity contribution in [1.82, 2.24) is 5.32 Å². The summed E-state index contributed by atoms with van der Waals surface area (Å²) < 4.78 is 57.8. The third-order valence-electron chi connectivity index (χ3n) is 4.79. The number of methoxy groups -OCH3 is 1. The molecule has 2 aromatic carbocycles. The van der Waals surface area contributed by atoms with Gasteiger partial charge >= 0.3 is 0 Å². The van der Waals surface area contributed by atoms with Crippen LogP contribution in [0.2, 0.25) is 0 Å². The zero-order valence-corrected chi connectivity index (χ0v) is 19.0. The number of amides is 1. The van der Waals surface area contributed by atoms with Crippen LogP contribution in [-0.2, 0) is 14.8 Å². The molecule has 9 heteroatoms. The Balaban J connectivity index is 2.33. The van der Waals surface area contributed by atoms with Crippen LogP contribution >= 0.6 is 0 Å². The first-order valence-corrected chi connectivity index (χ1v) is 11.7. The van der Waals surface area contributed by atoms with Crippen molar-refractivity contribution in [2.75, 3.05) is 17.7 Å². The lowest BCUT2D eigenvalue weighted by Crippen LogP contribution is -2.48. The van der Waals surface area contributed by atoms with E-state index in [0.29, 0.717) is 12.2 Å². The SMILES string of the molecule is COc1ccc([C@H](CC(C)C)NC(=O)[C@@H](C)N(c2ccc(F)c(F)c2)S(C)(=O)=O)cc1.